The van der Waals surface area contributed by atoms with Crippen molar-refractivity contribution in [1.82, 2.24) is 9.97 Å². The third kappa shape index (κ3) is 3.06. The Labute approximate surface area is 98.0 Å². The van der Waals surface area contributed by atoms with Gasteiger partial charge in [-0.1, -0.05) is 25.6 Å². The van der Waals surface area contributed by atoms with Crippen LogP contribution in [-0.2, 0) is 0 Å². The molecule has 0 spiro atoms. The molecule has 0 saturated carbocycles. The van der Waals surface area contributed by atoms with Crippen molar-refractivity contribution in [1.29, 1.82) is 0 Å². The molecule has 1 aromatic rings. The van der Waals surface area contributed by atoms with Crippen molar-refractivity contribution in [3.05, 3.63) is 16.4 Å². The quantitative estimate of drug-likeness (QED) is 0.369. The van der Waals surface area contributed by atoms with Crippen molar-refractivity contribution >= 4 is 23.3 Å². The summed E-state index contributed by atoms with van der Waals surface area (Å²) in [6, 6.07) is 0. The zero-order valence-corrected chi connectivity index (χ0v) is 10.2. The van der Waals surface area contributed by atoms with Crippen LogP contribution >= 0.6 is 11.8 Å². The molecular weight excluding hydrogens is 228 g/mol. The van der Waals surface area contributed by atoms with E-state index in [1.807, 2.05) is 20.8 Å². The van der Waals surface area contributed by atoms with Gasteiger partial charge in [0.2, 0.25) is 5.82 Å². The zero-order chi connectivity index (χ0) is 12.1. The van der Waals surface area contributed by atoms with Crippen molar-refractivity contribution in [3.63, 3.8) is 0 Å². The lowest BCUT2D eigenvalue weighted by atomic mass is 10.4. The molecule has 16 heavy (non-hydrogen) atoms. The highest BCUT2D eigenvalue weighted by atomic mass is 32.2. The molecule has 0 aliphatic rings. The lowest BCUT2D eigenvalue weighted by molar-refractivity contribution is -0.387. The normalized spacial score (nSPS) is 10.5. The third-order valence-electron chi connectivity index (χ3n) is 1.66. The average molecular weight is 242 g/mol. The largest absolute Gasteiger partial charge is 0.364 e. The second kappa shape index (κ2) is 5.64. The fraction of sp³-hybridized carbons (Fsp3) is 0.556. The highest BCUT2D eigenvalue weighted by Crippen LogP contribution is 2.33. The summed E-state index contributed by atoms with van der Waals surface area (Å²) in [6.45, 7) is 6.37. The first-order valence-corrected chi connectivity index (χ1v) is 5.84. The number of thioether (sulfide) groups is 1. The molecule has 1 aromatic heterocycles. The van der Waals surface area contributed by atoms with Crippen LogP contribution in [0.2, 0.25) is 0 Å². The van der Waals surface area contributed by atoms with Crippen LogP contribution in [0.1, 0.15) is 20.8 Å². The summed E-state index contributed by atoms with van der Waals surface area (Å²) in [7, 11) is 0. The molecule has 7 heteroatoms. The predicted molar refractivity (Wildman–Crippen MR) is 63.8 cm³/mol. The Morgan fingerprint density at radius 2 is 2.25 bits per heavy atom. The lowest BCUT2D eigenvalue weighted by Gasteiger charge is -2.07. The minimum Gasteiger partial charge on any atom is -0.364 e. The maximum Gasteiger partial charge on any atom is 0.343 e. The van der Waals surface area contributed by atoms with Crippen LogP contribution in [0.25, 0.3) is 0 Å². The van der Waals surface area contributed by atoms with E-state index in [4.69, 9.17) is 0 Å². The summed E-state index contributed by atoms with van der Waals surface area (Å²) in [5.41, 5.74) is -0.0388. The lowest BCUT2D eigenvalue weighted by Crippen LogP contribution is -2.06. The van der Waals surface area contributed by atoms with E-state index < -0.39 is 4.92 Å². The van der Waals surface area contributed by atoms with Crippen molar-refractivity contribution < 1.29 is 4.92 Å². The van der Waals surface area contributed by atoms with Crippen LogP contribution in [0, 0.1) is 10.1 Å². The van der Waals surface area contributed by atoms with Crippen molar-refractivity contribution in [3.8, 4) is 0 Å². The molecule has 0 fully saturated rings. The molecule has 1 rings (SSSR count). The molecule has 0 saturated heterocycles. The number of hydrogen-bond donors (Lipinski definition) is 1. The SMILES string of the molecule is CCNc1ncnc(SC(C)C)c1[N+](=O)[O-]. The minimum absolute atomic E-state index is 0.0388. The van der Waals surface area contributed by atoms with Gasteiger partial charge in [-0.3, -0.25) is 10.1 Å². The van der Waals surface area contributed by atoms with E-state index in [-0.39, 0.29) is 16.8 Å². The number of rotatable bonds is 5. The average Bonchev–Trinajstić information content (AvgIpc) is 2.16. The van der Waals surface area contributed by atoms with Gasteiger partial charge in [0.1, 0.15) is 6.33 Å². The first-order valence-electron chi connectivity index (χ1n) is 4.96. The van der Waals surface area contributed by atoms with Crippen LogP contribution in [-0.4, -0.2) is 26.7 Å². The molecule has 6 nitrogen and oxygen atoms in total. The monoisotopic (exact) mass is 242 g/mol. The summed E-state index contributed by atoms with van der Waals surface area (Å²) >= 11 is 1.36. The van der Waals surface area contributed by atoms with Crippen LogP contribution in [0.15, 0.2) is 11.4 Å². The van der Waals surface area contributed by atoms with Gasteiger partial charge in [0, 0.05) is 11.8 Å². The summed E-state index contributed by atoms with van der Waals surface area (Å²) in [6.07, 6.45) is 1.34. The van der Waals surface area contributed by atoms with Gasteiger partial charge in [0.15, 0.2) is 5.03 Å². The Hall–Kier alpha value is -1.37. The van der Waals surface area contributed by atoms with E-state index in [1.165, 1.54) is 18.1 Å². The van der Waals surface area contributed by atoms with Crippen LogP contribution in [0.4, 0.5) is 11.5 Å². The molecule has 0 amide bonds. The number of nitrogens with one attached hydrogen (secondary N) is 1. The molecule has 0 aromatic carbocycles. The van der Waals surface area contributed by atoms with Crippen LogP contribution in [0.5, 0.6) is 0 Å². The van der Waals surface area contributed by atoms with Gasteiger partial charge < -0.3 is 5.32 Å². The Morgan fingerprint density at radius 3 is 2.75 bits per heavy atom. The molecule has 88 valence electrons. The Morgan fingerprint density at radius 1 is 1.56 bits per heavy atom. The van der Waals surface area contributed by atoms with Gasteiger partial charge in [-0.05, 0) is 6.92 Å². The van der Waals surface area contributed by atoms with Gasteiger partial charge in [-0.15, -0.1) is 0 Å². The van der Waals surface area contributed by atoms with E-state index in [0.29, 0.717) is 11.6 Å². The fourth-order valence-corrected chi connectivity index (χ4v) is 1.97. The van der Waals surface area contributed by atoms with Crippen molar-refractivity contribution in [2.45, 2.75) is 31.0 Å². The molecule has 0 bridgehead atoms. The molecule has 1 N–H and O–H groups in total. The van der Waals surface area contributed by atoms with E-state index in [1.54, 1.807) is 0 Å². The van der Waals surface area contributed by atoms with E-state index in [0.717, 1.165) is 0 Å². The van der Waals surface area contributed by atoms with Gasteiger partial charge in [0.05, 0.1) is 4.92 Å². The molecule has 0 atom stereocenters. The maximum absolute atomic E-state index is 11.0. The van der Waals surface area contributed by atoms with Crippen LogP contribution < -0.4 is 5.32 Å². The molecular formula is C9H14N4O2S. The number of aromatic nitrogens is 2. The molecule has 0 aliphatic heterocycles. The Balaban J connectivity index is 3.16. The highest BCUT2D eigenvalue weighted by Gasteiger charge is 2.23. The number of anilines is 1. The van der Waals surface area contributed by atoms with E-state index in [2.05, 4.69) is 15.3 Å². The number of nitrogens with zero attached hydrogens (tertiary/aromatic N) is 3. The molecule has 0 unspecified atom stereocenters. The molecule has 1 heterocycles. The summed E-state index contributed by atoms with van der Waals surface area (Å²) in [4.78, 5) is 18.4. The molecule has 0 radical (unpaired) electrons. The van der Waals surface area contributed by atoms with Gasteiger partial charge in [0.25, 0.3) is 0 Å². The van der Waals surface area contributed by atoms with E-state index >= 15 is 0 Å². The van der Waals surface area contributed by atoms with Gasteiger partial charge >= 0.3 is 5.69 Å². The van der Waals surface area contributed by atoms with Crippen LogP contribution in [0.3, 0.4) is 0 Å². The summed E-state index contributed by atoms with van der Waals surface area (Å²) in [5, 5.41) is 14.5. The third-order valence-corrected chi connectivity index (χ3v) is 2.66. The molecule has 0 aliphatic carbocycles. The summed E-state index contributed by atoms with van der Waals surface area (Å²) < 4.78 is 0. The van der Waals surface area contributed by atoms with Gasteiger partial charge in [-0.2, -0.15) is 0 Å². The van der Waals surface area contributed by atoms with Gasteiger partial charge in [-0.25, -0.2) is 9.97 Å². The van der Waals surface area contributed by atoms with Crippen molar-refractivity contribution in [2.24, 2.45) is 0 Å². The Bertz CT molecular complexity index is 384. The smallest absolute Gasteiger partial charge is 0.343 e. The predicted octanol–water partition coefficient (Wildman–Crippen LogP) is 2.32. The van der Waals surface area contributed by atoms with Crippen molar-refractivity contribution in [2.75, 3.05) is 11.9 Å². The fourth-order valence-electron chi connectivity index (χ4n) is 1.13. The minimum atomic E-state index is -0.442. The first kappa shape index (κ1) is 12.7. The zero-order valence-electron chi connectivity index (χ0n) is 9.43. The topological polar surface area (TPSA) is 81.0 Å². The highest BCUT2D eigenvalue weighted by molar-refractivity contribution is 7.99. The summed E-state index contributed by atoms with van der Waals surface area (Å²) in [5.74, 6) is 0.283. The second-order valence-corrected chi connectivity index (χ2v) is 4.90. The number of hydrogen-bond acceptors (Lipinski definition) is 6. The Kier molecular flexibility index (Phi) is 4.48. The maximum atomic E-state index is 11.0. The van der Waals surface area contributed by atoms with E-state index in [9.17, 15) is 10.1 Å². The first-order chi connectivity index (χ1) is 7.56. The second-order valence-electron chi connectivity index (χ2n) is 3.33. The standard InChI is InChI=1S/C9H14N4O2S/c1-4-10-8-7(13(14)15)9(12-5-11-8)16-6(2)3/h5-6H,4H2,1-3H3,(H,10,11,12). The number of nitro groups is 1.